The summed E-state index contributed by atoms with van der Waals surface area (Å²) in [6, 6.07) is 19.5. The van der Waals surface area contributed by atoms with Crippen molar-refractivity contribution in [2.45, 2.75) is 0 Å². The molecule has 0 unspecified atom stereocenters. The van der Waals surface area contributed by atoms with Gasteiger partial charge in [-0.3, -0.25) is 0 Å². The SMILES string of the molecule is C=CCOC(=CC=Cc1ccccc1)c1ccc(C#N)cc1. The molecule has 0 saturated carbocycles. The van der Waals surface area contributed by atoms with Crippen molar-refractivity contribution in [1.82, 2.24) is 0 Å². The van der Waals surface area contributed by atoms with Crippen LogP contribution in [-0.2, 0) is 4.74 Å². The highest BCUT2D eigenvalue weighted by Crippen LogP contribution is 2.17. The van der Waals surface area contributed by atoms with Gasteiger partial charge in [0.1, 0.15) is 12.4 Å². The molecule has 0 aliphatic rings. The van der Waals surface area contributed by atoms with E-state index in [1.807, 2.05) is 60.7 Å². The van der Waals surface area contributed by atoms with E-state index in [2.05, 4.69) is 12.6 Å². The van der Waals surface area contributed by atoms with E-state index in [-0.39, 0.29) is 0 Å². The molecule has 0 bridgehead atoms. The molecule has 2 aromatic rings. The first kappa shape index (κ1) is 15.3. The number of hydrogen-bond acceptors (Lipinski definition) is 2. The van der Waals surface area contributed by atoms with Gasteiger partial charge in [0.25, 0.3) is 0 Å². The van der Waals surface area contributed by atoms with Crippen LogP contribution < -0.4 is 0 Å². The molecule has 108 valence electrons. The van der Waals surface area contributed by atoms with E-state index in [0.29, 0.717) is 12.2 Å². The summed E-state index contributed by atoms with van der Waals surface area (Å²) in [7, 11) is 0. The Kier molecular flexibility index (Phi) is 5.78. The Balaban J connectivity index is 2.21. The fourth-order valence-corrected chi connectivity index (χ4v) is 1.90. The van der Waals surface area contributed by atoms with Gasteiger partial charge in [-0.1, -0.05) is 55.1 Å². The third kappa shape index (κ3) is 4.50. The van der Waals surface area contributed by atoms with Crippen molar-refractivity contribution in [3.8, 4) is 6.07 Å². The van der Waals surface area contributed by atoms with Gasteiger partial charge in [-0.25, -0.2) is 0 Å². The number of nitrogens with zero attached hydrogens (tertiary/aromatic N) is 1. The summed E-state index contributed by atoms with van der Waals surface area (Å²) >= 11 is 0. The van der Waals surface area contributed by atoms with Crippen molar-refractivity contribution in [2.75, 3.05) is 6.61 Å². The number of hydrogen-bond donors (Lipinski definition) is 0. The summed E-state index contributed by atoms with van der Waals surface area (Å²) in [5.74, 6) is 0.747. The van der Waals surface area contributed by atoms with E-state index in [9.17, 15) is 0 Å². The third-order valence-corrected chi connectivity index (χ3v) is 2.99. The Morgan fingerprint density at radius 2 is 1.82 bits per heavy atom. The van der Waals surface area contributed by atoms with E-state index in [1.54, 1.807) is 18.2 Å². The van der Waals surface area contributed by atoms with Crippen LogP contribution in [0.4, 0.5) is 0 Å². The number of nitriles is 1. The van der Waals surface area contributed by atoms with Gasteiger partial charge < -0.3 is 4.74 Å². The van der Waals surface area contributed by atoms with Crippen LogP contribution in [0.2, 0.25) is 0 Å². The Hall–Kier alpha value is -3.05. The molecule has 0 saturated heterocycles. The fraction of sp³-hybridized carbons (Fsp3) is 0.0500. The minimum absolute atomic E-state index is 0.436. The number of allylic oxidation sites excluding steroid dienone is 2. The number of ether oxygens (including phenoxy) is 1. The molecule has 2 heteroatoms. The molecule has 0 fully saturated rings. The Morgan fingerprint density at radius 3 is 2.45 bits per heavy atom. The van der Waals surface area contributed by atoms with Crippen LogP contribution in [0.5, 0.6) is 0 Å². The van der Waals surface area contributed by atoms with Gasteiger partial charge in [-0.05, 0) is 35.9 Å². The molecule has 2 nitrogen and oxygen atoms in total. The van der Waals surface area contributed by atoms with Gasteiger partial charge >= 0.3 is 0 Å². The van der Waals surface area contributed by atoms with Crippen molar-refractivity contribution in [3.63, 3.8) is 0 Å². The zero-order valence-corrected chi connectivity index (χ0v) is 12.3. The topological polar surface area (TPSA) is 33.0 Å². The van der Waals surface area contributed by atoms with Crippen molar-refractivity contribution < 1.29 is 4.74 Å². The highest BCUT2D eigenvalue weighted by molar-refractivity contribution is 5.64. The molecule has 0 amide bonds. The lowest BCUT2D eigenvalue weighted by Gasteiger charge is -2.08. The molecule has 0 radical (unpaired) electrons. The first-order chi connectivity index (χ1) is 10.8. The van der Waals surface area contributed by atoms with Crippen molar-refractivity contribution in [1.29, 1.82) is 5.26 Å². The van der Waals surface area contributed by atoms with Gasteiger partial charge in [0.15, 0.2) is 0 Å². The zero-order valence-electron chi connectivity index (χ0n) is 12.3. The summed E-state index contributed by atoms with van der Waals surface area (Å²) in [6.45, 7) is 4.10. The molecule has 0 aliphatic heterocycles. The van der Waals surface area contributed by atoms with Crippen LogP contribution in [0, 0.1) is 11.3 Å². The van der Waals surface area contributed by atoms with Crippen LogP contribution in [-0.4, -0.2) is 6.61 Å². The summed E-state index contributed by atoms with van der Waals surface area (Å²) in [5.41, 5.74) is 2.69. The van der Waals surface area contributed by atoms with E-state index in [0.717, 1.165) is 16.9 Å². The third-order valence-electron chi connectivity index (χ3n) is 2.99. The molecule has 2 aromatic carbocycles. The number of rotatable bonds is 6. The van der Waals surface area contributed by atoms with Crippen molar-refractivity contribution in [2.24, 2.45) is 0 Å². The summed E-state index contributed by atoms with van der Waals surface area (Å²) < 4.78 is 5.70. The predicted octanol–water partition coefficient (Wildman–Crippen LogP) is 4.82. The lowest BCUT2D eigenvalue weighted by molar-refractivity contribution is 0.320. The minimum Gasteiger partial charge on any atom is -0.489 e. The zero-order chi connectivity index (χ0) is 15.6. The van der Waals surface area contributed by atoms with Crippen molar-refractivity contribution >= 4 is 11.8 Å². The second-order valence-electron chi connectivity index (χ2n) is 4.59. The van der Waals surface area contributed by atoms with Crippen molar-refractivity contribution in [3.05, 3.63) is 96.1 Å². The summed E-state index contributed by atoms with van der Waals surface area (Å²) in [5, 5.41) is 8.86. The molecule has 0 atom stereocenters. The molecule has 0 aliphatic carbocycles. The Morgan fingerprint density at radius 1 is 1.09 bits per heavy atom. The maximum atomic E-state index is 8.86. The van der Waals surface area contributed by atoms with Crippen LogP contribution in [0.1, 0.15) is 16.7 Å². The van der Waals surface area contributed by atoms with E-state index >= 15 is 0 Å². The number of benzene rings is 2. The first-order valence-corrected chi connectivity index (χ1v) is 7.01. The lowest BCUT2D eigenvalue weighted by Crippen LogP contribution is -1.92. The highest BCUT2D eigenvalue weighted by Gasteiger charge is 2.01. The van der Waals surface area contributed by atoms with Gasteiger partial charge in [-0.2, -0.15) is 5.26 Å². The Bertz CT molecular complexity index is 704. The van der Waals surface area contributed by atoms with E-state index in [1.165, 1.54) is 0 Å². The van der Waals surface area contributed by atoms with Crippen LogP contribution in [0.3, 0.4) is 0 Å². The standard InChI is InChI=1S/C20H17NO/c1-2-15-22-20(19-13-11-18(16-21)12-14-19)10-6-9-17-7-4-3-5-8-17/h2-14H,1,15H2. The predicted molar refractivity (Wildman–Crippen MR) is 90.8 cm³/mol. The van der Waals surface area contributed by atoms with E-state index < -0.39 is 0 Å². The normalized spacial score (nSPS) is 11.1. The lowest BCUT2D eigenvalue weighted by atomic mass is 10.1. The van der Waals surface area contributed by atoms with Gasteiger partial charge in [0, 0.05) is 5.56 Å². The molecule has 0 spiro atoms. The molecular formula is C20H17NO. The minimum atomic E-state index is 0.436. The van der Waals surface area contributed by atoms with Gasteiger partial charge in [0.05, 0.1) is 11.6 Å². The largest absolute Gasteiger partial charge is 0.489 e. The average Bonchev–Trinajstić information content (AvgIpc) is 2.59. The fourth-order valence-electron chi connectivity index (χ4n) is 1.90. The van der Waals surface area contributed by atoms with Crippen LogP contribution in [0.25, 0.3) is 11.8 Å². The van der Waals surface area contributed by atoms with Gasteiger partial charge in [-0.15, -0.1) is 0 Å². The Labute approximate surface area is 131 Å². The quantitative estimate of drug-likeness (QED) is 0.434. The smallest absolute Gasteiger partial charge is 0.126 e. The van der Waals surface area contributed by atoms with Crippen LogP contribution in [0.15, 0.2) is 79.4 Å². The molecular weight excluding hydrogens is 270 g/mol. The molecule has 2 rings (SSSR count). The molecule has 0 heterocycles. The molecule has 0 N–H and O–H groups in total. The van der Waals surface area contributed by atoms with Gasteiger partial charge in [0.2, 0.25) is 0 Å². The summed E-state index contributed by atoms with van der Waals surface area (Å²) in [4.78, 5) is 0. The first-order valence-electron chi connectivity index (χ1n) is 7.01. The summed E-state index contributed by atoms with van der Waals surface area (Å²) in [6.07, 6.45) is 7.59. The molecule has 22 heavy (non-hydrogen) atoms. The average molecular weight is 287 g/mol. The second kappa shape index (κ2) is 8.28. The molecule has 0 aromatic heterocycles. The van der Waals surface area contributed by atoms with E-state index in [4.69, 9.17) is 10.00 Å². The highest BCUT2D eigenvalue weighted by atomic mass is 16.5. The maximum Gasteiger partial charge on any atom is 0.126 e. The monoisotopic (exact) mass is 287 g/mol. The maximum absolute atomic E-state index is 8.86. The van der Waals surface area contributed by atoms with Crippen LogP contribution >= 0.6 is 0 Å². The second-order valence-corrected chi connectivity index (χ2v) is 4.59.